The summed E-state index contributed by atoms with van der Waals surface area (Å²) < 4.78 is 17.1. The third-order valence-corrected chi connectivity index (χ3v) is 4.28. The minimum absolute atomic E-state index is 0.0192. The van der Waals surface area contributed by atoms with E-state index < -0.39 is 0 Å². The maximum absolute atomic E-state index is 12.2. The molecule has 0 radical (unpaired) electrons. The highest BCUT2D eigenvalue weighted by Crippen LogP contribution is 2.32. The van der Waals surface area contributed by atoms with Gasteiger partial charge in [0.25, 0.3) is 0 Å². The normalized spacial score (nSPS) is 14.2. The Bertz CT molecular complexity index is 729. The molecule has 1 aliphatic heterocycles. The van der Waals surface area contributed by atoms with Gasteiger partial charge in [0.2, 0.25) is 5.91 Å². The number of hydrogen-bond acceptors (Lipinski definition) is 5. The molecule has 1 heterocycles. The SMILES string of the molecule is CC(C)CCOCCNC(=NCC(=O)NC(C)(C)C)Nc1ccc2c(c1)OCCCO2. The number of benzene rings is 1. The Morgan fingerprint density at radius 2 is 1.90 bits per heavy atom. The van der Waals surface area contributed by atoms with Crippen molar-refractivity contribution in [1.29, 1.82) is 0 Å². The van der Waals surface area contributed by atoms with Crippen molar-refractivity contribution < 1.29 is 19.0 Å². The van der Waals surface area contributed by atoms with E-state index in [1.54, 1.807) is 0 Å². The molecule has 0 unspecified atom stereocenters. The highest BCUT2D eigenvalue weighted by atomic mass is 16.5. The van der Waals surface area contributed by atoms with Crippen LogP contribution in [0.5, 0.6) is 11.5 Å². The van der Waals surface area contributed by atoms with Gasteiger partial charge in [0.1, 0.15) is 6.54 Å². The minimum atomic E-state index is -0.299. The second kappa shape index (κ2) is 12.4. The third-order valence-electron chi connectivity index (χ3n) is 4.28. The van der Waals surface area contributed by atoms with Crippen molar-refractivity contribution in [3.05, 3.63) is 18.2 Å². The highest BCUT2D eigenvalue weighted by molar-refractivity contribution is 5.95. The second-order valence-corrected chi connectivity index (χ2v) is 9.02. The summed E-state index contributed by atoms with van der Waals surface area (Å²) >= 11 is 0. The lowest BCUT2D eigenvalue weighted by atomic mass is 10.1. The van der Waals surface area contributed by atoms with Gasteiger partial charge in [-0.2, -0.15) is 0 Å². The molecule has 0 atom stereocenters. The summed E-state index contributed by atoms with van der Waals surface area (Å²) in [6.07, 6.45) is 1.88. The Kier molecular flexibility index (Phi) is 9.91. The zero-order chi connectivity index (χ0) is 22.7. The Hall–Kier alpha value is -2.48. The topological polar surface area (TPSA) is 93.2 Å². The number of hydrogen-bond donors (Lipinski definition) is 3. The quantitative estimate of drug-likeness (QED) is 0.314. The summed E-state index contributed by atoms with van der Waals surface area (Å²) in [4.78, 5) is 16.6. The Balaban J connectivity index is 1.98. The molecular weight excluding hydrogens is 396 g/mol. The molecule has 0 aliphatic carbocycles. The fraction of sp³-hybridized carbons (Fsp3) is 0.652. The fourth-order valence-corrected chi connectivity index (χ4v) is 2.79. The van der Waals surface area contributed by atoms with E-state index in [0.29, 0.717) is 44.0 Å². The molecule has 0 saturated heterocycles. The van der Waals surface area contributed by atoms with Crippen LogP contribution < -0.4 is 25.4 Å². The molecule has 1 aromatic carbocycles. The zero-order valence-electron chi connectivity index (χ0n) is 19.5. The van der Waals surface area contributed by atoms with E-state index in [4.69, 9.17) is 14.2 Å². The Morgan fingerprint density at radius 3 is 2.61 bits per heavy atom. The van der Waals surface area contributed by atoms with Gasteiger partial charge in [-0.15, -0.1) is 0 Å². The van der Waals surface area contributed by atoms with Gasteiger partial charge in [-0.25, -0.2) is 4.99 Å². The number of rotatable bonds is 9. The van der Waals surface area contributed by atoms with Gasteiger partial charge in [-0.05, 0) is 45.2 Å². The van der Waals surface area contributed by atoms with E-state index >= 15 is 0 Å². The third kappa shape index (κ3) is 10.4. The van der Waals surface area contributed by atoms with Crippen LogP contribution in [0.1, 0.15) is 47.5 Å². The first kappa shape index (κ1) is 24.8. The maximum Gasteiger partial charge on any atom is 0.242 e. The van der Waals surface area contributed by atoms with Crippen LogP contribution in [0.3, 0.4) is 0 Å². The monoisotopic (exact) mass is 434 g/mol. The number of anilines is 1. The molecule has 0 fully saturated rings. The van der Waals surface area contributed by atoms with Crippen LogP contribution in [-0.4, -0.2) is 56.9 Å². The first-order chi connectivity index (χ1) is 14.7. The molecule has 1 amide bonds. The minimum Gasteiger partial charge on any atom is -0.490 e. The van der Waals surface area contributed by atoms with Crippen molar-refractivity contribution in [1.82, 2.24) is 10.6 Å². The number of amides is 1. The number of aliphatic imine (C=N–C) groups is 1. The van der Waals surface area contributed by atoms with E-state index in [9.17, 15) is 4.79 Å². The predicted molar refractivity (Wildman–Crippen MR) is 124 cm³/mol. The second-order valence-electron chi connectivity index (χ2n) is 9.02. The van der Waals surface area contributed by atoms with Crippen molar-refractivity contribution in [3.63, 3.8) is 0 Å². The summed E-state index contributed by atoms with van der Waals surface area (Å²) in [5, 5.41) is 9.39. The van der Waals surface area contributed by atoms with Crippen LogP contribution in [-0.2, 0) is 9.53 Å². The van der Waals surface area contributed by atoms with Gasteiger partial charge in [0.15, 0.2) is 17.5 Å². The summed E-state index contributed by atoms with van der Waals surface area (Å²) in [5.41, 5.74) is 0.499. The predicted octanol–water partition coefficient (Wildman–Crippen LogP) is 3.18. The van der Waals surface area contributed by atoms with Gasteiger partial charge in [0.05, 0.1) is 19.8 Å². The van der Waals surface area contributed by atoms with Crippen LogP contribution in [0.25, 0.3) is 0 Å². The van der Waals surface area contributed by atoms with Crippen molar-refractivity contribution in [2.24, 2.45) is 10.9 Å². The van der Waals surface area contributed by atoms with Crippen LogP contribution in [0.4, 0.5) is 5.69 Å². The van der Waals surface area contributed by atoms with Gasteiger partial charge in [0, 0.05) is 36.9 Å². The lowest BCUT2D eigenvalue weighted by molar-refractivity contribution is -0.121. The number of carbonyl (C=O) groups excluding carboxylic acids is 1. The van der Waals surface area contributed by atoms with Crippen LogP contribution in [0, 0.1) is 5.92 Å². The lowest BCUT2D eigenvalue weighted by Crippen LogP contribution is -2.42. The molecule has 2 rings (SSSR count). The van der Waals surface area contributed by atoms with Crippen LogP contribution in [0.15, 0.2) is 23.2 Å². The zero-order valence-corrected chi connectivity index (χ0v) is 19.5. The van der Waals surface area contributed by atoms with E-state index in [0.717, 1.165) is 30.9 Å². The molecule has 0 bridgehead atoms. The van der Waals surface area contributed by atoms with Gasteiger partial charge < -0.3 is 30.2 Å². The van der Waals surface area contributed by atoms with Crippen molar-refractivity contribution >= 4 is 17.6 Å². The molecule has 8 heteroatoms. The molecule has 3 N–H and O–H groups in total. The summed E-state index contributed by atoms with van der Waals surface area (Å²) in [6, 6.07) is 5.66. The smallest absolute Gasteiger partial charge is 0.242 e. The van der Waals surface area contributed by atoms with E-state index in [-0.39, 0.29) is 18.0 Å². The number of carbonyl (C=O) groups is 1. The number of fused-ring (bicyclic) bond motifs is 1. The number of nitrogens with zero attached hydrogens (tertiary/aromatic N) is 1. The van der Waals surface area contributed by atoms with E-state index in [2.05, 4.69) is 34.8 Å². The van der Waals surface area contributed by atoms with Crippen molar-refractivity contribution in [2.75, 3.05) is 44.8 Å². The molecule has 174 valence electrons. The molecule has 8 nitrogen and oxygen atoms in total. The molecular formula is C23H38N4O4. The molecule has 0 saturated carbocycles. The molecule has 0 spiro atoms. The van der Waals surface area contributed by atoms with Crippen molar-refractivity contribution in [2.45, 2.75) is 53.0 Å². The standard InChI is InChI=1S/C23H38N4O4/c1-17(2)9-13-29-14-10-24-22(25-16-21(28)27-23(3,4)5)26-18-7-8-19-20(15-18)31-12-6-11-30-19/h7-8,15,17H,6,9-14,16H2,1-5H3,(H,27,28)(H2,24,25,26). The molecule has 31 heavy (non-hydrogen) atoms. The van der Waals surface area contributed by atoms with E-state index in [1.165, 1.54) is 0 Å². The molecule has 1 aliphatic rings. The van der Waals surface area contributed by atoms with Crippen LogP contribution in [0.2, 0.25) is 0 Å². The van der Waals surface area contributed by atoms with Gasteiger partial charge in [-0.3, -0.25) is 4.79 Å². The molecule has 0 aromatic heterocycles. The maximum atomic E-state index is 12.2. The van der Waals surface area contributed by atoms with Gasteiger partial charge >= 0.3 is 0 Å². The summed E-state index contributed by atoms with van der Waals surface area (Å²) in [5.74, 6) is 2.42. The van der Waals surface area contributed by atoms with Crippen LogP contribution >= 0.6 is 0 Å². The van der Waals surface area contributed by atoms with E-state index in [1.807, 2.05) is 39.0 Å². The van der Waals surface area contributed by atoms with Gasteiger partial charge in [-0.1, -0.05) is 13.8 Å². The Morgan fingerprint density at radius 1 is 1.16 bits per heavy atom. The lowest BCUT2D eigenvalue weighted by Gasteiger charge is -2.20. The fourth-order valence-electron chi connectivity index (χ4n) is 2.79. The number of guanidine groups is 1. The average molecular weight is 435 g/mol. The first-order valence-electron chi connectivity index (χ1n) is 11.1. The van der Waals surface area contributed by atoms with Crippen molar-refractivity contribution in [3.8, 4) is 11.5 Å². The highest BCUT2D eigenvalue weighted by Gasteiger charge is 2.14. The average Bonchev–Trinajstić information content (AvgIpc) is 2.92. The number of ether oxygens (including phenoxy) is 3. The Labute approximate surface area is 186 Å². The number of nitrogens with one attached hydrogen (secondary N) is 3. The summed E-state index contributed by atoms with van der Waals surface area (Å²) in [6.45, 7) is 13.3. The first-order valence-corrected chi connectivity index (χ1v) is 11.1. The molecule has 1 aromatic rings. The largest absolute Gasteiger partial charge is 0.490 e. The summed E-state index contributed by atoms with van der Waals surface area (Å²) in [7, 11) is 0.